The van der Waals surface area contributed by atoms with Gasteiger partial charge in [0.1, 0.15) is 0 Å². The molecule has 0 unspecified atom stereocenters. The Morgan fingerprint density at radius 2 is 1.63 bits per heavy atom. The summed E-state index contributed by atoms with van der Waals surface area (Å²) in [6, 6.07) is 7.56. The molecule has 1 aromatic carbocycles. The molecule has 0 aliphatic carbocycles. The Bertz CT molecular complexity index is 653. The summed E-state index contributed by atoms with van der Waals surface area (Å²) in [7, 11) is 3.49. The molecule has 1 aromatic rings. The van der Waals surface area contributed by atoms with Crippen molar-refractivity contribution < 1.29 is 9.59 Å². The van der Waals surface area contributed by atoms with E-state index in [-0.39, 0.29) is 35.8 Å². The minimum Gasteiger partial charge on any atom is -0.357 e. The fourth-order valence-electron chi connectivity index (χ4n) is 2.84. The Hall–Kier alpha value is -1.84. The van der Waals surface area contributed by atoms with Crippen molar-refractivity contribution in [2.45, 2.75) is 20.4 Å². The van der Waals surface area contributed by atoms with Crippen LogP contribution < -0.4 is 5.32 Å². The van der Waals surface area contributed by atoms with E-state index < -0.39 is 0 Å². The van der Waals surface area contributed by atoms with E-state index in [2.05, 4.69) is 10.2 Å². The second kappa shape index (κ2) is 11.1. The van der Waals surface area contributed by atoms with Crippen LogP contribution in [0.25, 0.3) is 0 Å². The van der Waals surface area contributed by atoms with E-state index in [9.17, 15) is 9.59 Å². The molecule has 1 aliphatic rings. The van der Waals surface area contributed by atoms with Crippen LogP contribution in [0.2, 0.25) is 0 Å². The predicted octanol–water partition coefficient (Wildman–Crippen LogP) is 1.64. The molecule has 0 bridgehead atoms. The SMILES string of the molecule is CCNC(=NCc1ccc(C(=O)N(C)C)cc1)N1CCN(C(C)=O)CC1.I. The van der Waals surface area contributed by atoms with E-state index in [1.165, 1.54) is 0 Å². The number of piperazine rings is 1. The topological polar surface area (TPSA) is 68.2 Å². The minimum absolute atomic E-state index is 0. The van der Waals surface area contributed by atoms with E-state index in [0.717, 1.165) is 44.2 Å². The summed E-state index contributed by atoms with van der Waals surface area (Å²) in [4.78, 5) is 33.7. The Kier molecular flexibility index (Phi) is 9.54. The van der Waals surface area contributed by atoms with Crippen LogP contribution in [-0.4, -0.2) is 79.3 Å². The fraction of sp³-hybridized carbons (Fsp3) is 0.526. The molecule has 0 saturated carbocycles. The van der Waals surface area contributed by atoms with Crippen LogP contribution in [-0.2, 0) is 11.3 Å². The van der Waals surface area contributed by atoms with Crippen molar-refractivity contribution in [2.75, 3.05) is 46.8 Å². The maximum atomic E-state index is 11.9. The number of hydrogen-bond acceptors (Lipinski definition) is 3. The largest absolute Gasteiger partial charge is 0.357 e. The highest BCUT2D eigenvalue weighted by Crippen LogP contribution is 2.09. The lowest BCUT2D eigenvalue weighted by atomic mass is 10.1. The zero-order chi connectivity index (χ0) is 19.1. The van der Waals surface area contributed by atoms with Crippen LogP contribution in [0.1, 0.15) is 29.8 Å². The summed E-state index contributed by atoms with van der Waals surface area (Å²) in [5, 5.41) is 3.32. The van der Waals surface area contributed by atoms with Crippen LogP contribution in [0, 0.1) is 0 Å². The van der Waals surface area contributed by atoms with Gasteiger partial charge in [-0.25, -0.2) is 4.99 Å². The fourth-order valence-corrected chi connectivity index (χ4v) is 2.84. The van der Waals surface area contributed by atoms with E-state index >= 15 is 0 Å². The van der Waals surface area contributed by atoms with E-state index in [4.69, 9.17) is 4.99 Å². The van der Waals surface area contributed by atoms with Crippen LogP contribution in [0.5, 0.6) is 0 Å². The molecule has 1 heterocycles. The highest BCUT2D eigenvalue weighted by molar-refractivity contribution is 14.0. The number of nitrogens with one attached hydrogen (secondary N) is 1. The van der Waals surface area contributed by atoms with Gasteiger partial charge < -0.3 is 20.0 Å². The van der Waals surface area contributed by atoms with Crippen LogP contribution in [0.4, 0.5) is 0 Å². The monoisotopic (exact) mass is 487 g/mol. The third-order valence-corrected chi connectivity index (χ3v) is 4.38. The molecular weight excluding hydrogens is 457 g/mol. The smallest absolute Gasteiger partial charge is 0.253 e. The average molecular weight is 487 g/mol. The van der Waals surface area contributed by atoms with Gasteiger partial charge >= 0.3 is 0 Å². The number of hydrogen-bond donors (Lipinski definition) is 1. The van der Waals surface area contributed by atoms with Crippen molar-refractivity contribution in [2.24, 2.45) is 4.99 Å². The van der Waals surface area contributed by atoms with Gasteiger partial charge in [-0.2, -0.15) is 0 Å². The summed E-state index contributed by atoms with van der Waals surface area (Å²) in [6.45, 7) is 8.00. The maximum Gasteiger partial charge on any atom is 0.253 e. The maximum absolute atomic E-state index is 11.9. The third kappa shape index (κ3) is 6.67. The van der Waals surface area contributed by atoms with Crippen LogP contribution >= 0.6 is 24.0 Å². The Morgan fingerprint density at radius 1 is 1.07 bits per heavy atom. The minimum atomic E-state index is -0.00303. The molecule has 150 valence electrons. The summed E-state index contributed by atoms with van der Waals surface area (Å²) in [5.74, 6) is 0.986. The predicted molar refractivity (Wildman–Crippen MR) is 119 cm³/mol. The number of benzene rings is 1. The van der Waals surface area contributed by atoms with E-state index in [1.54, 1.807) is 25.9 Å². The second-order valence-electron chi connectivity index (χ2n) is 6.56. The van der Waals surface area contributed by atoms with Gasteiger partial charge in [-0.3, -0.25) is 9.59 Å². The van der Waals surface area contributed by atoms with Gasteiger partial charge in [0.2, 0.25) is 5.91 Å². The van der Waals surface area contributed by atoms with Crippen molar-refractivity contribution in [1.82, 2.24) is 20.0 Å². The molecule has 0 atom stereocenters. The van der Waals surface area contributed by atoms with Crippen LogP contribution in [0.15, 0.2) is 29.3 Å². The molecule has 7 nitrogen and oxygen atoms in total. The summed E-state index contributed by atoms with van der Waals surface area (Å²) in [5.41, 5.74) is 1.73. The van der Waals surface area contributed by atoms with Crippen molar-refractivity contribution >= 4 is 41.8 Å². The molecule has 1 fully saturated rings. The third-order valence-electron chi connectivity index (χ3n) is 4.38. The van der Waals surface area contributed by atoms with Gasteiger partial charge in [-0.1, -0.05) is 12.1 Å². The van der Waals surface area contributed by atoms with Gasteiger partial charge in [0.25, 0.3) is 5.91 Å². The standard InChI is InChI=1S/C19H29N5O2.HI/c1-5-20-19(24-12-10-23(11-13-24)15(2)25)21-14-16-6-8-17(9-7-16)18(26)22(3)4;/h6-9H,5,10-14H2,1-4H3,(H,20,21);1H. The first-order valence-electron chi connectivity index (χ1n) is 9.01. The quantitative estimate of drug-likeness (QED) is 0.399. The lowest BCUT2D eigenvalue weighted by Crippen LogP contribution is -2.53. The second-order valence-corrected chi connectivity index (χ2v) is 6.56. The highest BCUT2D eigenvalue weighted by Gasteiger charge is 2.20. The van der Waals surface area contributed by atoms with Gasteiger partial charge in [-0.05, 0) is 24.6 Å². The van der Waals surface area contributed by atoms with E-state index in [1.807, 2.05) is 36.1 Å². The van der Waals surface area contributed by atoms with Crippen molar-refractivity contribution in [1.29, 1.82) is 0 Å². The lowest BCUT2D eigenvalue weighted by Gasteiger charge is -2.36. The molecule has 8 heteroatoms. The first kappa shape index (κ1) is 23.2. The molecule has 1 aliphatic heterocycles. The molecule has 0 aromatic heterocycles. The number of amides is 2. The van der Waals surface area contributed by atoms with Gasteiger partial charge in [0.05, 0.1) is 6.54 Å². The summed E-state index contributed by atoms with van der Waals surface area (Å²) in [6.07, 6.45) is 0. The van der Waals surface area contributed by atoms with E-state index in [0.29, 0.717) is 12.1 Å². The number of rotatable bonds is 4. The molecular formula is C19H30IN5O2. The van der Waals surface area contributed by atoms with Crippen molar-refractivity contribution in [3.8, 4) is 0 Å². The number of nitrogens with zero attached hydrogens (tertiary/aromatic N) is 4. The first-order chi connectivity index (χ1) is 12.4. The zero-order valence-corrected chi connectivity index (χ0v) is 18.9. The average Bonchev–Trinajstić information content (AvgIpc) is 2.65. The molecule has 2 amide bonds. The number of carbonyl (C=O) groups is 2. The number of halogens is 1. The molecule has 2 rings (SSSR count). The number of guanidine groups is 1. The van der Waals surface area contributed by atoms with Gasteiger partial charge in [-0.15, -0.1) is 24.0 Å². The Balaban J connectivity index is 0.00000364. The Morgan fingerprint density at radius 3 is 2.11 bits per heavy atom. The summed E-state index contributed by atoms with van der Waals surface area (Å²) >= 11 is 0. The van der Waals surface area contributed by atoms with Crippen molar-refractivity contribution in [3.63, 3.8) is 0 Å². The molecule has 0 radical (unpaired) electrons. The molecule has 1 N–H and O–H groups in total. The number of aliphatic imine (C=N–C) groups is 1. The zero-order valence-electron chi connectivity index (χ0n) is 16.6. The van der Waals surface area contributed by atoms with Gasteiger partial charge in [0.15, 0.2) is 5.96 Å². The number of carbonyl (C=O) groups excluding carboxylic acids is 2. The molecule has 0 spiro atoms. The van der Waals surface area contributed by atoms with Crippen molar-refractivity contribution in [3.05, 3.63) is 35.4 Å². The molecule has 1 saturated heterocycles. The van der Waals surface area contributed by atoms with Gasteiger partial charge in [0, 0.05) is 59.3 Å². The molecule has 27 heavy (non-hydrogen) atoms. The normalized spacial score (nSPS) is 14.4. The summed E-state index contributed by atoms with van der Waals surface area (Å²) < 4.78 is 0. The lowest BCUT2D eigenvalue weighted by molar-refractivity contribution is -0.130. The Labute approximate surface area is 178 Å². The highest BCUT2D eigenvalue weighted by atomic mass is 127. The van der Waals surface area contributed by atoms with Crippen LogP contribution in [0.3, 0.4) is 0 Å². The first-order valence-corrected chi connectivity index (χ1v) is 9.01.